The number of aryl methyl sites for hydroxylation is 1. The number of fused-ring (bicyclic) bond motifs is 2. The fourth-order valence-electron chi connectivity index (χ4n) is 4.38. The molecular weight excluding hydrogens is 350 g/mol. The van der Waals surface area contributed by atoms with Crippen molar-refractivity contribution in [3.8, 4) is 28.4 Å². The summed E-state index contributed by atoms with van der Waals surface area (Å²) >= 11 is 0. The molecule has 1 aromatic heterocycles. The number of ether oxygens (including phenoxy) is 3. The number of nitrogens with zero attached hydrogens (tertiary/aromatic N) is 1. The van der Waals surface area contributed by atoms with Gasteiger partial charge in [-0.2, -0.15) is 0 Å². The average molecular weight is 373 g/mol. The van der Waals surface area contributed by atoms with E-state index >= 15 is 0 Å². The van der Waals surface area contributed by atoms with Gasteiger partial charge < -0.3 is 14.2 Å². The van der Waals surface area contributed by atoms with Crippen molar-refractivity contribution in [2.24, 2.45) is 0 Å². The number of hydrogen-bond acceptors (Lipinski definition) is 4. The molecule has 4 nitrogen and oxygen atoms in total. The van der Waals surface area contributed by atoms with Crippen LogP contribution in [0.3, 0.4) is 0 Å². The largest absolute Gasteiger partial charge is 0.496 e. The van der Waals surface area contributed by atoms with Crippen molar-refractivity contribution in [1.82, 2.24) is 4.98 Å². The maximum atomic E-state index is 5.61. The third kappa shape index (κ3) is 3.09. The molecule has 3 aromatic rings. The van der Waals surface area contributed by atoms with Crippen LogP contribution in [0.25, 0.3) is 11.1 Å². The van der Waals surface area contributed by atoms with Crippen LogP contribution in [0.5, 0.6) is 17.2 Å². The number of aromatic nitrogens is 1. The quantitative estimate of drug-likeness (QED) is 0.634. The summed E-state index contributed by atoms with van der Waals surface area (Å²) in [6.45, 7) is 0.335. The minimum atomic E-state index is 0.335. The predicted octanol–water partition coefficient (Wildman–Crippen LogP) is 5.15. The fourth-order valence-corrected chi connectivity index (χ4v) is 4.38. The molecule has 1 aliphatic carbocycles. The summed E-state index contributed by atoms with van der Waals surface area (Å²) in [5, 5.41) is 0. The van der Waals surface area contributed by atoms with Gasteiger partial charge in [0.1, 0.15) is 5.75 Å². The molecule has 0 saturated carbocycles. The van der Waals surface area contributed by atoms with Crippen molar-refractivity contribution in [1.29, 1.82) is 0 Å². The van der Waals surface area contributed by atoms with Gasteiger partial charge in [-0.3, -0.25) is 4.98 Å². The van der Waals surface area contributed by atoms with Crippen molar-refractivity contribution in [2.75, 3.05) is 13.9 Å². The van der Waals surface area contributed by atoms with Gasteiger partial charge in [0.25, 0.3) is 0 Å². The average Bonchev–Trinajstić information content (AvgIpc) is 3.20. The standard InChI is InChI=1S/C24H23NO3/c1-26-22-9-10-25-14-21(22)17-7-5-16(6-8-17)11-18-3-2-4-19-12-23-24(13-20(18)19)28-15-27-23/h5-10,12-14,18H,2-4,11,15H2,1H3. The SMILES string of the molecule is COc1ccncc1-c1ccc(CC2CCCc3cc4c(cc32)OCO4)cc1. The Morgan fingerprint density at radius 3 is 2.71 bits per heavy atom. The van der Waals surface area contributed by atoms with Crippen molar-refractivity contribution in [3.05, 3.63) is 71.5 Å². The maximum absolute atomic E-state index is 5.61. The highest BCUT2D eigenvalue weighted by atomic mass is 16.7. The first-order valence-electron chi connectivity index (χ1n) is 9.81. The molecule has 0 bridgehead atoms. The second-order valence-electron chi connectivity index (χ2n) is 7.47. The number of rotatable bonds is 4. The molecule has 2 heterocycles. The van der Waals surface area contributed by atoms with Gasteiger partial charge in [0, 0.05) is 18.0 Å². The first-order valence-corrected chi connectivity index (χ1v) is 9.81. The Morgan fingerprint density at radius 1 is 1.07 bits per heavy atom. The van der Waals surface area contributed by atoms with Crippen molar-refractivity contribution in [3.63, 3.8) is 0 Å². The number of pyridine rings is 1. The summed E-state index contributed by atoms with van der Waals surface area (Å²) in [7, 11) is 1.69. The topological polar surface area (TPSA) is 40.6 Å². The molecule has 142 valence electrons. The summed E-state index contributed by atoms with van der Waals surface area (Å²) < 4.78 is 16.6. The summed E-state index contributed by atoms with van der Waals surface area (Å²) in [6, 6.07) is 15.1. The van der Waals surface area contributed by atoms with Gasteiger partial charge >= 0.3 is 0 Å². The van der Waals surface area contributed by atoms with Gasteiger partial charge in [-0.05, 0) is 72.1 Å². The third-order valence-corrected chi connectivity index (χ3v) is 5.82. The zero-order valence-corrected chi connectivity index (χ0v) is 16.0. The van der Waals surface area contributed by atoms with E-state index in [9.17, 15) is 0 Å². The lowest BCUT2D eigenvalue weighted by Crippen LogP contribution is -2.12. The van der Waals surface area contributed by atoms with Crippen LogP contribution in [0.2, 0.25) is 0 Å². The fraction of sp³-hybridized carbons (Fsp3) is 0.292. The second-order valence-corrected chi connectivity index (χ2v) is 7.47. The van der Waals surface area contributed by atoms with Gasteiger partial charge in [-0.25, -0.2) is 0 Å². The molecule has 0 spiro atoms. The van der Waals surface area contributed by atoms with Crippen LogP contribution in [0.15, 0.2) is 54.9 Å². The Kier molecular flexibility index (Phi) is 4.40. The Morgan fingerprint density at radius 2 is 1.89 bits per heavy atom. The highest BCUT2D eigenvalue weighted by molar-refractivity contribution is 5.69. The van der Waals surface area contributed by atoms with Crippen molar-refractivity contribution in [2.45, 2.75) is 31.6 Å². The molecule has 0 saturated heterocycles. The van der Waals surface area contributed by atoms with Gasteiger partial charge in [0.15, 0.2) is 11.5 Å². The van der Waals surface area contributed by atoms with E-state index in [-0.39, 0.29) is 0 Å². The number of methoxy groups -OCH3 is 1. The Labute approximate surface area is 165 Å². The first-order chi connectivity index (χ1) is 13.8. The predicted molar refractivity (Wildman–Crippen MR) is 108 cm³/mol. The van der Waals surface area contributed by atoms with E-state index in [1.54, 1.807) is 13.3 Å². The summed E-state index contributed by atoms with van der Waals surface area (Å²) in [4.78, 5) is 4.24. The highest BCUT2D eigenvalue weighted by Gasteiger charge is 2.25. The smallest absolute Gasteiger partial charge is 0.231 e. The van der Waals surface area contributed by atoms with Gasteiger partial charge in [0.05, 0.1) is 7.11 Å². The molecule has 1 aliphatic heterocycles. The van der Waals surface area contributed by atoms with Crippen molar-refractivity contribution >= 4 is 0 Å². The van der Waals surface area contributed by atoms with Crippen LogP contribution in [0.4, 0.5) is 0 Å². The van der Waals surface area contributed by atoms with Crippen LogP contribution in [0.1, 0.15) is 35.4 Å². The molecule has 1 atom stereocenters. The number of benzene rings is 2. The van der Waals surface area contributed by atoms with Crippen molar-refractivity contribution < 1.29 is 14.2 Å². The molecule has 0 N–H and O–H groups in total. The molecule has 0 radical (unpaired) electrons. The van der Waals surface area contributed by atoms with E-state index in [1.165, 1.54) is 29.5 Å². The molecule has 5 rings (SSSR count). The molecular formula is C24H23NO3. The van der Waals surface area contributed by atoms with Gasteiger partial charge in [-0.1, -0.05) is 24.3 Å². The molecule has 28 heavy (non-hydrogen) atoms. The summed E-state index contributed by atoms with van der Waals surface area (Å²) in [5.41, 5.74) is 6.33. The molecule has 2 aliphatic rings. The minimum Gasteiger partial charge on any atom is -0.496 e. The third-order valence-electron chi connectivity index (χ3n) is 5.82. The lowest BCUT2D eigenvalue weighted by atomic mass is 9.79. The van der Waals surface area contributed by atoms with Crippen LogP contribution in [-0.2, 0) is 12.8 Å². The molecule has 1 unspecified atom stereocenters. The first kappa shape index (κ1) is 17.1. The van der Waals surface area contributed by atoms with Crippen LogP contribution >= 0.6 is 0 Å². The number of hydrogen-bond donors (Lipinski definition) is 0. The monoisotopic (exact) mass is 373 g/mol. The van der Waals surface area contributed by atoms with Crippen LogP contribution in [-0.4, -0.2) is 18.9 Å². The second kappa shape index (κ2) is 7.19. The van der Waals surface area contributed by atoms with Gasteiger partial charge in [0.2, 0.25) is 6.79 Å². The van der Waals surface area contributed by atoms with Gasteiger partial charge in [-0.15, -0.1) is 0 Å². The van der Waals surface area contributed by atoms with Crippen LogP contribution in [0, 0.1) is 0 Å². The Bertz CT molecular complexity index is 997. The lowest BCUT2D eigenvalue weighted by molar-refractivity contribution is 0.174. The lowest BCUT2D eigenvalue weighted by Gasteiger charge is -2.26. The van der Waals surface area contributed by atoms with E-state index in [4.69, 9.17) is 14.2 Å². The zero-order valence-electron chi connectivity index (χ0n) is 16.0. The molecule has 4 heteroatoms. The molecule has 2 aromatic carbocycles. The normalized spacial score (nSPS) is 17.2. The van der Waals surface area contributed by atoms with E-state index in [0.29, 0.717) is 12.7 Å². The minimum absolute atomic E-state index is 0.335. The maximum Gasteiger partial charge on any atom is 0.231 e. The zero-order chi connectivity index (χ0) is 18.9. The van der Waals surface area contributed by atoms with Crippen LogP contribution < -0.4 is 14.2 Å². The van der Waals surface area contributed by atoms with E-state index in [1.807, 2.05) is 12.3 Å². The Balaban J connectivity index is 1.39. The van der Waals surface area contributed by atoms with E-state index in [0.717, 1.165) is 41.2 Å². The van der Waals surface area contributed by atoms with E-state index < -0.39 is 0 Å². The summed E-state index contributed by atoms with van der Waals surface area (Å²) in [6.07, 6.45) is 8.21. The molecule has 0 amide bonds. The highest BCUT2D eigenvalue weighted by Crippen LogP contribution is 2.42. The molecule has 0 fully saturated rings. The van der Waals surface area contributed by atoms with E-state index in [2.05, 4.69) is 41.4 Å². The summed E-state index contributed by atoms with van der Waals surface area (Å²) in [5.74, 6) is 3.16. The Hall–Kier alpha value is -3.01.